The molecule has 57 heavy (non-hydrogen) atoms. The fourth-order valence-corrected chi connectivity index (χ4v) is 8.87. The lowest BCUT2D eigenvalue weighted by molar-refractivity contribution is -0.197. The van der Waals surface area contributed by atoms with Gasteiger partial charge in [0.25, 0.3) is 42.2 Å². The third kappa shape index (κ3) is 10.1. The highest BCUT2D eigenvalue weighted by molar-refractivity contribution is 7.86. The Morgan fingerprint density at radius 1 is 0.807 bits per heavy atom. The molecule has 2 amide bonds. The maximum absolute atomic E-state index is 12.3. The van der Waals surface area contributed by atoms with E-state index in [2.05, 4.69) is 0 Å². The van der Waals surface area contributed by atoms with Crippen LogP contribution in [-0.4, -0.2) is 79.8 Å². The molecule has 1 saturated heterocycles. The molecule has 0 radical (unpaired) electrons. The van der Waals surface area contributed by atoms with Crippen molar-refractivity contribution in [1.29, 1.82) is 0 Å². The van der Waals surface area contributed by atoms with E-state index in [9.17, 15) is 53.3 Å². The van der Waals surface area contributed by atoms with Gasteiger partial charge in [0, 0.05) is 48.0 Å². The fourth-order valence-electron chi connectivity index (χ4n) is 7.29. The molecule has 3 aliphatic rings. The van der Waals surface area contributed by atoms with E-state index in [1.165, 1.54) is 30.3 Å². The number of aliphatic imine (C=N–C) groups is 1. The van der Waals surface area contributed by atoms with Crippen LogP contribution in [0.1, 0.15) is 89.7 Å². The van der Waals surface area contributed by atoms with Gasteiger partial charge in [0.2, 0.25) is 0 Å². The molecule has 1 unspecified atom stereocenters. The SMILES string of the molecule is CC1(CCCCCC(=O)ON2C(=O)CCC2=O)C(/C=C/C=C/C=C2/N(CCCCS(=O)(=O)O)c3ccc(S(=O)(=O)O)cc3C2(C)C)=Nc2ccc(S(=O)(=O)O)cc21. The molecule has 1 fully saturated rings. The van der Waals surface area contributed by atoms with Crippen LogP contribution in [0.15, 0.2) is 87.3 Å². The molecule has 3 heterocycles. The molecule has 1 atom stereocenters. The van der Waals surface area contributed by atoms with Crippen molar-refractivity contribution in [3.8, 4) is 0 Å². The average molecular weight is 848 g/mol. The van der Waals surface area contributed by atoms with Gasteiger partial charge in [-0.25, -0.2) is 4.79 Å². The number of nitrogens with zero attached hydrogens (tertiary/aromatic N) is 3. The van der Waals surface area contributed by atoms with Gasteiger partial charge in [-0.15, -0.1) is 5.06 Å². The summed E-state index contributed by atoms with van der Waals surface area (Å²) in [6, 6.07) is 8.48. The maximum atomic E-state index is 12.3. The standard InChI is InChI=1S/C38H45N3O13S3/c1-37(2)29-25-27(57(51,52)53)16-18-31(29)40(22-10-11-23-55(45,46)47)33(37)13-7-4-6-12-32-38(3,28-24-26(56(48,49)50)15-17-30(28)39-32)21-9-5-8-14-36(44)54-41-34(42)19-20-35(41)43/h4,6-7,12-13,15-18,24-25H,5,8-11,14,19-23H2,1-3H3,(H,45,46,47)(H,48,49,50)(H,51,52,53)/b7-4+,12-6+,33-13+. The first kappa shape index (κ1) is 43.6. The van der Waals surface area contributed by atoms with Crippen molar-refractivity contribution < 1.29 is 58.1 Å². The van der Waals surface area contributed by atoms with Gasteiger partial charge in [-0.3, -0.25) is 28.2 Å². The lowest BCUT2D eigenvalue weighted by atomic mass is 9.75. The maximum Gasteiger partial charge on any atom is 0.333 e. The molecule has 2 aromatic rings. The number of carbonyl (C=O) groups is 3. The topological polar surface area (TPSA) is 242 Å². The van der Waals surface area contributed by atoms with Crippen LogP contribution in [0.3, 0.4) is 0 Å². The monoisotopic (exact) mass is 847 g/mol. The number of carbonyl (C=O) groups excluding carboxylic acids is 3. The summed E-state index contributed by atoms with van der Waals surface area (Å²) < 4.78 is 99.3. The first-order valence-electron chi connectivity index (χ1n) is 18.2. The van der Waals surface area contributed by atoms with Crippen LogP contribution in [0.2, 0.25) is 0 Å². The van der Waals surface area contributed by atoms with E-state index >= 15 is 0 Å². The Hall–Kier alpha value is -4.53. The minimum absolute atomic E-state index is 0.00436. The number of anilines is 1. The summed E-state index contributed by atoms with van der Waals surface area (Å²) in [5.74, 6) is -2.23. The Bertz CT molecular complexity index is 2400. The van der Waals surface area contributed by atoms with Crippen LogP contribution in [0.4, 0.5) is 11.4 Å². The molecule has 0 spiro atoms. The van der Waals surface area contributed by atoms with Crippen molar-refractivity contribution >= 4 is 65.2 Å². The molecule has 0 saturated carbocycles. The Morgan fingerprint density at radius 3 is 2.07 bits per heavy atom. The van der Waals surface area contributed by atoms with Crippen molar-refractivity contribution in [2.75, 3.05) is 17.2 Å². The van der Waals surface area contributed by atoms with Gasteiger partial charge in [0.05, 0.1) is 26.9 Å². The van der Waals surface area contributed by atoms with Crippen molar-refractivity contribution in [2.45, 2.75) is 99.2 Å². The number of hydrogen-bond acceptors (Lipinski definition) is 12. The van der Waals surface area contributed by atoms with E-state index in [4.69, 9.17) is 9.83 Å². The molecular formula is C38H45N3O13S3. The number of imide groups is 1. The lowest BCUT2D eigenvalue weighted by Gasteiger charge is -2.27. The number of unbranched alkanes of at least 4 members (excludes halogenated alkanes) is 3. The molecule has 0 aliphatic carbocycles. The number of amides is 2. The van der Waals surface area contributed by atoms with Crippen LogP contribution in [-0.2, 0) is 60.4 Å². The predicted octanol–water partition coefficient (Wildman–Crippen LogP) is 5.54. The molecule has 5 rings (SSSR count). The summed E-state index contributed by atoms with van der Waals surface area (Å²) in [6.45, 7) is 6.04. The molecule has 2 aromatic carbocycles. The Morgan fingerprint density at radius 2 is 1.44 bits per heavy atom. The van der Waals surface area contributed by atoms with Gasteiger partial charge in [0.15, 0.2) is 0 Å². The van der Waals surface area contributed by atoms with Crippen molar-refractivity contribution in [3.05, 3.63) is 83.6 Å². The second-order valence-electron chi connectivity index (χ2n) is 14.8. The molecule has 16 nitrogen and oxygen atoms in total. The van der Waals surface area contributed by atoms with Gasteiger partial charge in [-0.1, -0.05) is 44.9 Å². The van der Waals surface area contributed by atoms with Crippen LogP contribution in [0.5, 0.6) is 0 Å². The third-order valence-electron chi connectivity index (χ3n) is 10.3. The Balaban J connectivity index is 1.34. The second-order valence-corrected chi connectivity index (χ2v) is 19.2. The second kappa shape index (κ2) is 16.8. The van der Waals surface area contributed by atoms with Crippen LogP contribution in [0.25, 0.3) is 0 Å². The first-order valence-corrected chi connectivity index (χ1v) is 22.7. The molecule has 19 heteroatoms. The molecule has 3 aliphatic heterocycles. The van der Waals surface area contributed by atoms with E-state index in [0.29, 0.717) is 71.9 Å². The van der Waals surface area contributed by atoms with Gasteiger partial charge >= 0.3 is 5.97 Å². The third-order valence-corrected chi connectivity index (χ3v) is 12.9. The largest absolute Gasteiger partial charge is 0.344 e. The number of fused-ring (bicyclic) bond motifs is 2. The summed E-state index contributed by atoms with van der Waals surface area (Å²) in [4.78, 5) is 46.9. The van der Waals surface area contributed by atoms with E-state index in [-0.39, 0.29) is 35.5 Å². The number of hydrogen-bond donors (Lipinski definition) is 3. The van der Waals surface area contributed by atoms with Crippen molar-refractivity contribution in [1.82, 2.24) is 5.06 Å². The minimum atomic E-state index is -4.51. The molecular weight excluding hydrogens is 803 g/mol. The van der Waals surface area contributed by atoms with Gasteiger partial charge in [0.1, 0.15) is 0 Å². The summed E-state index contributed by atoms with van der Waals surface area (Å²) in [5.41, 5.74) is 2.26. The van der Waals surface area contributed by atoms with E-state index in [0.717, 1.165) is 5.70 Å². The normalized spacial score (nSPS) is 20.2. The van der Waals surface area contributed by atoms with Crippen LogP contribution < -0.4 is 4.90 Å². The first-order chi connectivity index (χ1) is 26.5. The summed E-state index contributed by atoms with van der Waals surface area (Å²) in [6.07, 6.45) is 11.4. The van der Waals surface area contributed by atoms with Gasteiger partial charge < -0.3 is 9.74 Å². The lowest BCUT2D eigenvalue weighted by Crippen LogP contribution is -2.32. The summed E-state index contributed by atoms with van der Waals surface area (Å²) >= 11 is 0. The highest BCUT2D eigenvalue weighted by Crippen LogP contribution is 2.49. The van der Waals surface area contributed by atoms with Gasteiger partial charge in [-0.2, -0.15) is 25.3 Å². The number of allylic oxidation sites excluding steroid dienone is 6. The van der Waals surface area contributed by atoms with Gasteiger partial charge in [-0.05, 0) is 92.3 Å². The van der Waals surface area contributed by atoms with Crippen LogP contribution in [0, 0.1) is 0 Å². The van der Waals surface area contributed by atoms with Crippen molar-refractivity contribution in [3.63, 3.8) is 0 Å². The molecule has 3 N–H and O–H groups in total. The molecule has 0 aromatic heterocycles. The average Bonchev–Trinajstić information content (AvgIpc) is 3.66. The fraction of sp³-hybridized carbons (Fsp3) is 0.421. The molecule has 308 valence electrons. The zero-order chi connectivity index (χ0) is 42.0. The highest BCUT2D eigenvalue weighted by atomic mass is 32.2. The zero-order valence-corrected chi connectivity index (χ0v) is 34.1. The van der Waals surface area contributed by atoms with E-state index in [1.807, 2.05) is 31.7 Å². The smallest absolute Gasteiger partial charge is 0.333 e. The number of hydroxylamine groups is 2. The Kier molecular flexibility index (Phi) is 12.8. The molecule has 0 bridgehead atoms. The number of rotatable bonds is 17. The quantitative estimate of drug-likeness (QED) is 0.0766. The highest BCUT2D eigenvalue weighted by Gasteiger charge is 2.41. The van der Waals surface area contributed by atoms with Crippen LogP contribution >= 0.6 is 0 Å². The predicted molar refractivity (Wildman–Crippen MR) is 210 cm³/mol. The Labute approximate surface area is 332 Å². The minimum Gasteiger partial charge on any atom is -0.344 e. The summed E-state index contributed by atoms with van der Waals surface area (Å²) in [5, 5.41) is 0.508. The van der Waals surface area contributed by atoms with E-state index in [1.54, 1.807) is 30.4 Å². The number of benzene rings is 2. The van der Waals surface area contributed by atoms with E-state index < -0.39 is 64.7 Å². The van der Waals surface area contributed by atoms with Crippen molar-refractivity contribution in [2.24, 2.45) is 4.99 Å². The summed E-state index contributed by atoms with van der Waals surface area (Å²) in [7, 11) is -13.2. The zero-order valence-electron chi connectivity index (χ0n) is 31.6.